The lowest BCUT2D eigenvalue weighted by Crippen LogP contribution is -2.48. The number of carboxylic acids is 1. The minimum Gasteiger partial charge on any atom is -0.478 e. The summed E-state index contributed by atoms with van der Waals surface area (Å²) in [5.74, 6) is 7.96. The van der Waals surface area contributed by atoms with Crippen molar-refractivity contribution < 1.29 is 29.2 Å². The lowest BCUT2D eigenvalue weighted by Gasteiger charge is -2.57. The number of hydrogen-bond donors (Lipinski definition) is 2. The van der Waals surface area contributed by atoms with Gasteiger partial charge >= 0.3 is 12.4 Å². The first kappa shape index (κ1) is 24.8. The maximum atomic E-state index is 11.1. The molecule has 6 heteroatoms. The number of aliphatic hydroxyl groups is 1. The molecule has 6 rings (SSSR count). The van der Waals surface area contributed by atoms with Crippen LogP contribution in [0.4, 0.5) is 0 Å². The summed E-state index contributed by atoms with van der Waals surface area (Å²) in [5.41, 5.74) is 2.77. The third-order valence-electron chi connectivity index (χ3n) is 8.13. The molecule has 2 N–H and O–H groups in total. The van der Waals surface area contributed by atoms with E-state index in [0.29, 0.717) is 12.2 Å². The molecule has 4 saturated carbocycles. The van der Waals surface area contributed by atoms with Crippen LogP contribution >= 0.6 is 0 Å². The van der Waals surface area contributed by atoms with Gasteiger partial charge in [-0.15, -0.1) is 0 Å². The van der Waals surface area contributed by atoms with Crippen molar-refractivity contribution >= 4 is 5.97 Å². The fraction of sp³-hybridized carbons (Fsp3) is 0.500. The molecule has 2 aromatic rings. The average molecular weight is 491 g/mol. The van der Waals surface area contributed by atoms with Gasteiger partial charge in [-0.2, -0.15) is 0 Å². The Bertz CT molecular complexity index is 1120. The molecule has 4 aliphatic rings. The lowest BCUT2D eigenvalue weighted by atomic mass is 9.48. The summed E-state index contributed by atoms with van der Waals surface area (Å²) < 4.78 is 17.2. The molecular weight excluding hydrogens is 456 g/mol. The van der Waals surface area contributed by atoms with Crippen LogP contribution in [0.5, 0.6) is 5.75 Å². The Labute approximate surface area is 212 Å². The van der Waals surface area contributed by atoms with Gasteiger partial charge in [-0.3, -0.25) is 0 Å². The molecule has 0 aliphatic heterocycles. The molecule has 36 heavy (non-hydrogen) atoms. The maximum absolute atomic E-state index is 11.1. The Morgan fingerprint density at radius 2 is 1.69 bits per heavy atom. The van der Waals surface area contributed by atoms with E-state index in [2.05, 4.69) is 17.9 Å². The van der Waals surface area contributed by atoms with E-state index in [0.717, 1.165) is 53.9 Å². The van der Waals surface area contributed by atoms with Gasteiger partial charge in [0.2, 0.25) is 0 Å². The standard InChI is InChI=1S/C30H34O6/c1-3-35-29(34-2)36-27-11-9-24(26(31)10-6-19-4-7-23(8-5-19)28(32)33)15-25(27)30-16-20-12-21(17-30)14-22(13-20)18-30/h4-5,7-9,11,15,20-22,26,29,31H,3,12-14,16-18H2,1-2H3,(H,32,33). The average Bonchev–Trinajstić information content (AvgIpc) is 2.86. The molecule has 4 bridgehead atoms. The second kappa shape index (κ2) is 10.3. The highest BCUT2D eigenvalue weighted by Crippen LogP contribution is 2.62. The SMILES string of the molecule is CCOC(OC)Oc1ccc(C(O)C#Cc2ccc(C(=O)O)cc2)cc1C12CC3CC(CC(C3)C1)C2. The Morgan fingerprint density at radius 3 is 2.25 bits per heavy atom. The minimum absolute atomic E-state index is 0.0460. The van der Waals surface area contributed by atoms with Gasteiger partial charge in [0.1, 0.15) is 11.9 Å². The maximum Gasteiger partial charge on any atom is 0.335 e. The normalized spacial score (nSPS) is 27.7. The van der Waals surface area contributed by atoms with Gasteiger partial charge in [0.25, 0.3) is 0 Å². The molecule has 6 nitrogen and oxygen atoms in total. The highest BCUT2D eigenvalue weighted by molar-refractivity contribution is 5.87. The lowest BCUT2D eigenvalue weighted by molar-refractivity contribution is -0.231. The molecular formula is C30H34O6. The van der Waals surface area contributed by atoms with E-state index in [9.17, 15) is 9.90 Å². The first-order valence-electron chi connectivity index (χ1n) is 12.9. The number of methoxy groups -OCH3 is 1. The zero-order valence-corrected chi connectivity index (χ0v) is 20.9. The number of hydrogen-bond acceptors (Lipinski definition) is 5. The van der Waals surface area contributed by atoms with Crippen LogP contribution in [0.1, 0.15) is 78.6 Å². The molecule has 0 spiro atoms. The fourth-order valence-corrected chi connectivity index (χ4v) is 7.00. The van der Waals surface area contributed by atoms with Crippen LogP contribution in [0, 0.1) is 29.6 Å². The van der Waals surface area contributed by atoms with Crippen molar-refractivity contribution in [1.29, 1.82) is 0 Å². The minimum atomic E-state index is -0.978. The van der Waals surface area contributed by atoms with Crippen molar-refractivity contribution in [3.63, 3.8) is 0 Å². The number of aromatic carboxylic acids is 1. The number of benzene rings is 2. The fourth-order valence-electron chi connectivity index (χ4n) is 7.00. The first-order chi connectivity index (χ1) is 17.4. The molecule has 2 aromatic carbocycles. The van der Waals surface area contributed by atoms with E-state index in [1.165, 1.54) is 31.4 Å². The van der Waals surface area contributed by atoms with Crippen LogP contribution in [-0.2, 0) is 14.9 Å². The molecule has 0 aromatic heterocycles. The summed E-state index contributed by atoms with van der Waals surface area (Å²) in [7, 11) is 1.57. The van der Waals surface area contributed by atoms with Gasteiger partial charge < -0.3 is 24.4 Å². The van der Waals surface area contributed by atoms with Crippen molar-refractivity contribution in [3.05, 3.63) is 64.7 Å². The summed E-state index contributed by atoms with van der Waals surface area (Å²) >= 11 is 0. The Balaban J connectivity index is 1.46. The Morgan fingerprint density at radius 1 is 1.06 bits per heavy atom. The molecule has 190 valence electrons. The summed E-state index contributed by atoms with van der Waals surface area (Å²) in [4.78, 5) is 11.1. The van der Waals surface area contributed by atoms with Crippen LogP contribution in [0.25, 0.3) is 0 Å². The third-order valence-corrected chi connectivity index (χ3v) is 8.13. The van der Waals surface area contributed by atoms with Crippen LogP contribution < -0.4 is 4.74 Å². The summed E-state index contributed by atoms with van der Waals surface area (Å²) in [6, 6.07) is 12.2. The van der Waals surface area contributed by atoms with Crippen molar-refractivity contribution in [2.75, 3.05) is 13.7 Å². The topological polar surface area (TPSA) is 85.2 Å². The van der Waals surface area contributed by atoms with E-state index in [4.69, 9.17) is 19.3 Å². The third kappa shape index (κ3) is 5.01. The summed E-state index contributed by atoms with van der Waals surface area (Å²) in [5, 5.41) is 20.1. The summed E-state index contributed by atoms with van der Waals surface area (Å²) in [6.45, 7) is 1.60. The quantitative estimate of drug-likeness (QED) is 0.387. The van der Waals surface area contributed by atoms with E-state index in [-0.39, 0.29) is 11.0 Å². The van der Waals surface area contributed by atoms with Gasteiger partial charge in [-0.1, -0.05) is 17.9 Å². The van der Waals surface area contributed by atoms with Gasteiger partial charge in [0.05, 0.1) is 12.2 Å². The molecule has 0 saturated heterocycles. The van der Waals surface area contributed by atoms with E-state index < -0.39 is 18.5 Å². The largest absolute Gasteiger partial charge is 0.478 e. The van der Waals surface area contributed by atoms with Gasteiger partial charge in [0, 0.05) is 18.2 Å². The van der Waals surface area contributed by atoms with E-state index in [1.54, 1.807) is 19.2 Å². The first-order valence-corrected chi connectivity index (χ1v) is 12.9. The molecule has 0 heterocycles. The monoisotopic (exact) mass is 490 g/mol. The zero-order chi connectivity index (χ0) is 25.3. The van der Waals surface area contributed by atoms with Crippen LogP contribution in [-0.4, -0.2) is 36.4 Å². The molecule has 4 fully saturated rings. The molecule has 2 unspecified atom stereocenters. The van der Waals surface area contributed by atoms with Crippen molar-refractivity contribution in [2.45, 2.75) is 63.4 Å². The van der Waals surface area contributed by atoms with Gasteiger partial charge in [-0.25, -0.2) is 4.79 Å². The van der Waals surface area contributed by atoms with Crippen LogP contribution in [0.15, 0.2) is 42.5 Å². The van der Waals surface area contributed by atoms with Crippen molar-refractivity contribution in [2.24, 2.45) is 17.8 Å². The number of carboxylic acid groups (broad SMARTS) is 1. The molecule has 0 radical (unpaired) electrons. The van der Waals surface area contributed by atoms with Crippen LogP contribution in [0.2, 0.25) is 0 Å². The van der Waals surface area contributed by atoms with Crippen LogP contribution in [0.3, 0.4) is 0 Å². The van der Waals surface area contributed by atoms with E-state index >= 15 is 0 Å². The smallest absolute Gasteiger partial charge is 0.335 e. The highest BCUT2D eigenvalue weighted by Gasteiger charge is 2.52. The number of ether oxygens (including phenoxy) is 3. The number of carbonyl (C=O) groups is 1. The molecule has 4 aliphatic carbocycles. The number of rotatable bonds is 8. The highest BCUT2D eigenvalue weighted by atomic mass is 16.8. The molecule has 0 amide bonds. The van der Waals surface area contributed by atoms with Crippen molar-refractivity contribution in [1.82, 2.24) is 0 Å². The van der Waals surface area contributed by atoms with E-state index in [1.807, 2.05) is 19.1 Å². The zero-order valence-electron chi connectivity index (χ0n) is 20.9. The Hall–Kier alpha value is -2.85. The Kier molecular flexibility index (Phi) is 7.07. The predicted octanol–water partition coefficient (Wildman–Crippen LogP) is 5.28. The number of aliphatic hydroxyl groups excluding tert-OH is 1. The molecule has 2 atom stereocenters. The second-order valence-electron chi connectivity index (χ2n) is 10.6. The van der Waals surface area contributed by atoms with Crippen molar-refractivity contribution in [3.8, 4) is 17.6 Å². The van der Waals surface area contributed by atoms with Gasteiger partial charge in [-0.05, 0) is 111 Å². The predicted molar refractivity (Wildman–Crippen MR) is 135 cm³/mol. The summed E-state index contributed by atoms with van der Waals surface area (Å²) in [6.07, 6.45) is 6.50. The second-order valence-corrected chi connectivity index (χ2v) is 10.6. The van der Waals surface area contributed by atoms with Gasteiger partial charge in [0.15, 0.2) is 0 Å².